The number of sulfonamides is 1. The van der Waals surface area contributed by atoms with Gasteiger partial charge in [0.1, 0.15) is 12.6 Å². The molecule has 1 amide bonds. The molecule has 2 N–H and O–H groups in total. The Balaban J connectivity index is 2.17. The second-order valence-electron chi connectivity index (χ2n) is 6.49. The first-order chi connectivity index (χ1) is 14.1. The van der Waals surface area contributed by atoms with Gasteiger partial charge in [-0.3, -0.25) is 9.69 Å². The highest BCUT2D eigenvalue weighted by Crippen LogP contribution is 2.23. The Kier molecular flexibility index (Phi) is 7.99. The molecule has 2 aromatic rings. The Morgan fingerprint density at radius 3 is 2.07 bits per heavy atom. The van der Waals surface area contributed by atoms with E-state index in [4.69, 9.17) is 0 Å². The third kappa shape index (κ3) is 6.54. The fourth-order valence-electron chi connectivity index (χ4n) is 2.94. The van der Waals surface area contributed by atoms with Gasteiger partial charge in [0.15, 0.2) is 0 Å². The number of carbonyl (C=O) groups is 1. The van der Waals surface area contributed by atoms with Crippen molar-refractivity contribution in [2.45, 2.75) is 31.0 Å². The zero-order valence-corrected chi connectivity index (χ0v) is 17.4. The Bertz CT molecular complexity index is 929. The Hall–Kier alpha value is -2.43. The van der Waals surface area contributed by atoms with Crippen LogP contribution in [-0.4, -0.2) is 45.0 Å². The molecule has 0 fully saturated rings. The summed E-state index contributed by atoms with van der Waals surface area (Å²) in [5.41, 5.74) is 1.15. The number of benzene rings is 2. The van der Waals surface area contributed by atoms with Crippen LogP contribution in [0.5, 0.6) is 0 Å². The molecule has 30 heavy (non-hydrogen) atoms. The maximum atomic E-state index is 13.0. The summed E-state index contributed by atoms with van der Waals surface area (Å²) in [5, 5.41) is 2.75. The number of carbonyl (C=O) groups excluding carboxylic acids is 1. The van der Waals surface area contributed by atoms with E-state index < -0.39 is 28.8 Å². The summed E-state index contributed by atoms with van der Waals surface area (Å²) >= 11 is 0. The molecule has 0 radical (unpaired) electrons. The minimum atomic E-state index is -4.65. The molecule has 0 bridgehead atoms. The van der Waals surface area contributed by atoms with Gasteiger partial charge in [0.2, 0.25) is 15.9 Å². The fraction of sp³-hybridized carbons (Fsp3) is 0.350. The Labute approximate surface area is 174 Å². The van der Waals surface area contributed by atoms with E-state index in [1.807, 2.05) is 49.1 Å². The number of hydrogen-bond donors (Lipinski definition) is 2. The average molecular weight is 443 g/mol. The summed E-state index contributed by atoms with van der Waals surface area (Å²) in [6, 6.07) is 13.7. The molecular formula is C20H24F3N3O3S. The van der Waals surface area contributed by atoms with Crippen LogP contribution >= 0.6 is 0 Å². The number of nitrogens with zero attached hydrogens (tertiary/aromatic N) is 1. The van der Waals surface area contributed by atoms with Crippen molar-refractivity contribution in [2.75, 3.05) is 25.0 Å². The summed E-state index contributed by atoms with van der Waals surface area (Å²) in [6.45, 7) is 3.52. The van der Waals surface area contributed by atoms with E-state index in [2.05, 4.69) is 5.32 Å². The summed E-state index contributed by atoms with van der Waals surface area (Å²) in [5.74, 6) is -0.296. The molecule has 1 atom stereocenters. The van der Waals surface area contributed by atoms with Gasteiger partial charge < -0.3 is 5.32 Å². The molecule has 6 nitrogen and oxygen atoms in total. The van der Waals surface area contributed by atoms with Crippen molar-refractivity contribution >= 4 is 21.6 Å². The van der Waals surface area contributed by atoms with Gasteiger partial charge in [0, 0.05) is 5.69 Å². The molecule has 0 aliphatic heterocycles. The summed E-state index contributed by atoms with van der Waals surface area (Å²) in [7, 11) is -4.31. The zero-order chi connectivity index (χ0) is 22.4. The van der Waals surface area contributed by atoms with Gasteiger partial charge in [-0.05, 0) is 42.9 Å². The molecule has 10 heteroatoms. The van der Waals surface area contributed by atoms with Gasteiger partial charge in [-0.25, -0.2) is 13.1 Å². The van der Waals surface area contributed by atoms with E-state index in [1.165, 1.54) is 16.9 Å². The van der Waals surface area contributed by atoms with Crippen LogP contribution < -0.4 is 10.0 Å². The predicted molar refractivity (Wildman–Crippen MR) is 108 cm³/mol. The lowest BCUT2D eigenvalue weighted by Crippen LogP contribution is -2.37. The smallest absolute Gasteiger partial charge is 0.324 e. The third-order valence-electron chi connectivity index (χ3n) is 4.44. The number of anilines is 1. The van der Waals surface area contributed by atoms with Crippen LogP contribution in [-0.2, 0) is 14.8 Å². The van der Waals surface area contributed by atoms with Crippen molar-refractivity contribution < 1.29 is 26.4 Å². The SMILES string of the molecule is CCN(CC)C(C(=O)Nc1ccc(S(=O)(=O)NCC(F)(F)F)cc1)c1ccccc1. The standard InChI is InChI=1S/C20H24F3N3O3S/c1-3-26(4-2)18(15-8-6-5-7-9-15)19(27)25-16-10-12-17(13-11-16)30(28,29)24-14-20(21,22)23/h5-13,18,24H,3-4,14H2,1-2H3,(H,25,27). The van der Waals surface area contributed by atoms with E-state index in [-0.39, 0.29) is 10.8 Å². The van der Waals surface area contributed by atoms with Crippen LogP contribution in [0.15, 0.2) is 59.5 Å². The van der Waals surface area contributed by atoms with E-state index in [1.54, 1.807) is 0 Å². The molecule has 164 valence electrons. The topological polar surface area (TPSA) is 78.5 Å². The van der Waals surface area contributed by atoms with E-state index in [9.17, 15) is 26.4 Å². The van der Waals surface area contributed by atoms with E-state index >= 15 is 0 Å². The van der Waals surface area contributed by atoms with Gasteiger partial charge in [-0.2, -0.15) is 13.2 Å². The van der Waals surface area contributed by atoms with Gasteiger partial charge in [-0.1, -0.05) is 44.2 Å². The van der Waals surface area contributed by atoms with Gasteiger partial charge in [0.05, 0.1) is 4.90 Å². The third-order valence-corrected chi connectivity index (χ3v) is 5.85. The largest absolute Gasteiger partial charge is 0.402 e. The Morgan fingerprint density at radius 1 is 1.00 bits per heavy atom. The lowest BCUT2D eigenvalue weighted by Gasteiger charge is -2.29. The highest BCUT2D eigenvalue weighted by atomic mass is 32.2. The van der Waals surface area contributed by atoms with Crippen LogP contribution in [0.25, 0.3) is 0 Å². The number of amides is 1. The highest BCUT2D eigenvalue weighted by molar-refractivity contribution is 7.89. The maximum Gasteiger partial charge on any atom is 0.402 e. The average Bonchev–Trinajstić information content (AvgIpc) is 2.71. The van der Waals surface area contributed by atoms with Crippen molar-refractivity contribution in [3.63, 3.8) is 0 Å². The fourth-order valence-corrected chi connectivity index (χ4v) is 3.96. The molecule has 0 heterocycles. The zero-order valence-electron chi connectivity index (χ0n) is 16.6. The van der Waals surface area contributed by atoms with Crippen molar-refractivity contribution in [2.24, 2.45) is 0 Å². The normalized spacial score (nSPS) is 13.3. The lowest BCUT2D eigenvalue weighted by atomic mass is 10.0. The first-order valence-electron chi connectivity index (χ1n) is 9.33. The highest BCUT2D eigenvalue weighted by Gasteiger charge is 2.30. The van der Waals surface area contributed by atoms with Gasteiger partial charge in [0.25, 0.3) is 0 Å². The quantitative estimate of drug-likeness (QED) is 0.621. The van der Waals surface area contributed by atoms with Gasteiger partial charge in [-0.15, -0.1) is 0 Å². The van der Waals surface area contributed by atoms with Crippen LogP contribution in [0.3, 0.4) is 0 Å². The Morgan fingerprint density at radius 2 is 1.57 bits per heavy atom. The number of halogens is 3. The van der Waals surface area contributed by atoms with Gasteiger partial charge >= 0.3 is 6.18 Å². The van der Waals surface area contributed by atoms with E-state index in [0.29, 0.717) is 18.8 Å². The second-order valence-corrected chi connectivity index (χ2v) is 8.25. The van der Waals surface area contributed by atoms with Crippen molar-refractivity contribution in [1.29, 1.82) is 0 Å². The molecule has 2 aromatic carbocycles. The summed E-state index contributed by atoms with van der Waals surface area (Å²) in [4.78, 5) is 14.6. The first kappa shape index (κ1) is 23.8. The van der Waals surface area contributed by atoms with Crippen molar-refractivity contribution in [3.05, 3.63) is 60.2 Å². The first-order valence-corrected chi connectivity index (χ1v) is 10.8. The monoisotopic (exact) mass is 443 g/mol. The lowest BCUT2D eigenvalue weighted by molar-refractivity contribution is -0.122. The molecule has 0 aromatic heterocycles. The molecule has 1 unspecified atom stereocenters. The number of rotatable bonds is 9. The molecule has 0 aliphatic carbocycles. The molecule has 0 saturated carbocycles. The number of likely N-dealkylation sites (N-methyl/N-ethyl adjacent to an activating group) is 1. The van der Waals surface area contributed by atoms with E-state index in [0.717, 1.165) is 17.7 Å². The second kappa shape index (κ2) is 10.1. The number of alkyl halides is 3. The molecule has 0 aliphatic rings. The minimum absolute atomic E-state index is 0.296. The van der Waals surface area contributed by atoms with Crippen LogP contribution in [0.2, 0.25) is 0 Å². The summed E-state index contributed by atoms with van der Waals surface area (Å²) in [6.07, 6.45) is -4.65. The predicted octanol–water partition coefficient (Wildman–Crippen LogP) is 3.55. The molecule has 0 saturated heterocycles. The number of hydrogen-bond acceptors (Lipinski definition) is 4. The molecule has 2 rings (SSSR count). The maximum absolute atomic E-state index is 13.0. The van der Waals surface area contributed by atoms with Crippen LogP contribution in [0, 0.1) is 0 Å². The number of nitrogens with one attached hydrogen (secondary N) is 2. The molecule has 0 spiro atoms. The van der Waals surface area contributed by atoms with Crippen molar-refractivity contribution in [1.82, 2.24) is 9.62 Å². The molecular weight excluding hydrogens is 419 g/mol. The van der Waals surface area contributed by atoms with Crippen LogP contribution in [0.1, 0.15) is 25.5 Å². The minimum Gasteiger partial charge on any atom is -0.324 e. The van der Waals surface area contributed by atoms with Crippen LogP contribution in [0.4, 0.5) is 18.9 Å². The van der Waals surface area contributed by atoms with Crippen molar-refractivity contribution in [3.8, 4) is 0 Å². The summed E-state index contributed by atoms with van der Waals surface area (Å²) < 4.78 is 62.2.